The summed E-state index contributed by atoms with van der Waals surface area (Å²) in [5.74, 6) is -0.172. The second kappa shape index (κ2) is 5.76. The third-order valence-electron chi connectivity index (χ3n) is 4.12. The van der Waals surface area contributed by atoms with Crippen LogP contribution in [0.25, 0.3) is 0 Å². The third-order valence-corrected chi connectivity index (χ3v) is 4.12. The maximum absolute atomic E-state index is 13.1. The molecule has 0 amide bonds. The number of halogens is 1. The summed E-state index contributed by atoms with van der Waals surface area (Å²) in [4.78, 5) is 0. The number of benzene rings is 2. The maximum Gasteiger partial charge on any atom is 0.123 e. The molecule has 2 aromatic carbocycles. The van der Waals surface area contributed by atoms with Crippen molar-refractivity contribution in [1.29, 1.82) is 0 Å². The molecule has 20 heavy (non-hydrogen) atoms. The van der Waals surface area contributed by atoms with Gasteiger partial charge in [-0.2, -0.15) is 0 Å². The maximum atomic E-state index is 13.1. The summed E-state index contributed by atoms with van der Waals surface area (Å²) < 4.78 is 13.1. The molecule has 0 heterocycles. The fourth-order valence-electron chi connectivity index (χ4n) is 2.90. The molecule has 1 N–H and O–H groups in total. The van der Waals surface area contributed by atoms with E-state index in [2.05, 4.69) is 30.4 Å². The first-order valence-electron chi connectivity index (χ1n) is 7.32. The van der Waals surface area contributed by atoms with Crippen molar-refractivity contribution in [3.8, 4) is 0 Å². The first-order valence-corrected chi connectivity index (χ1v) is 7.32. The van der Waals surface area contributed by atoms with Gasteiger partial charge in [0.1, 0.15) is 5.82 Å². The molecule has 1 atom stereocenters. The molecule has 2 heteroatoms. The van der Waals surface area contributed by atoms with Crippen LogP contribution in [0.3, 0.4) is 0 Å². The highest BCUT2D eigenvalue weighted by Crippen LogP contribution is 2.25. The van der Waals surface area contributed by atoms with Crippen LogP contribution < -0.4 is 5.32 Å². The smallest absolute Gasteiger partial charge is 0.123 e. The number of nitrogens with one attached hydrogen (secondary N) is 1. The molecule has 0 aliphatic heterocycles. The van der Waals surface area contributed by atoms with Gasteiger partial charge in [-0.25, -0.2) is 4.39 Å². The van der Waals surface area contributed by atoms with Gasteiger partial charge in [0.2, 0.25) is 0 Å². The molecule has 2 aromatic rings. The predicted molar refractivity (Wildman–Crippen MR) is 80.1 cm³/mol. The van der Waals surface area contributed by atoms with Crippen molar-refractivity contribution in [2.45, 2.75) is 38.8 Å². The lowest BCUT2D eigenvalue weighted by Gasteiger charge is -2.15. The number of hydrogen-bond donors (Lipinski definition) is 1. The lowest BCUT2D eigenvalue weighted by Crippen LogP contribution is -2.18. The lowest BCUT2D eigenvalue weighted by atomic mass is 10.0. The molecule has 3 rings (SSSR count). The highest BCUT2D eigenvalue weighted by molar-refractivity contribution is 5.36. The summed E-state index contributed by atoms with van der Waals surface area (Å²) in [5.41, 5.74) is 5.31. The summed E-state index contributed by atoms with van der Waals surface area (Å²) in [7, 11) is 0. The molecule has 0 saturated carbocycles. The molecule has 0 fully saturated rings. The molecule has 0 radical (unpaired) electrons. The zero-order valence-electron chi connectivity index (χ0n) is 11.8. The second-order valence-corrected chi connectivity index (χ2v) is 5.61. The fraction of sp³-hybridized carbons (Fsp3) is 0.333. The first-order chi connectivity index (χ1) is 9.72. The summed E-state index contributed by atoms with van der Waals surface area (Å²) in [6.07, 6.45) is 3.71. The van der Waals surface area contributed by atoms with Crippen LogP contribution in [0, 0.1) is 5.82 Å². The Balaban J connectivity index is 1.66. The number of aryl methyl sites for hydroxylation is 2. The SMILES string of the molecule is CC(NCc1cccc(F)c1)c1ccc2c(c1)CCC2. The molecule has 0 spiro atoms. The molecule has 1 aliphatic carbocycles. The van der Waals surface area contributed by atoms with Gasteiger partial charge < -0.3 is 5.32 Å². The Morgan fingerprint density at radius 3 is 2.80 bits per heavy atom. The van der Waals surface area contributed by atoms with Gasteiger partial charge >= 0.3 is 0 Å². The fourth-order valence-corrected chi connectivity index (χ4v) is 2.90. The van der Waals surface area contributed by atoms with Crippen molar-refractivity contribution in [1.82, 2.24) is 5.32 Å². The van der Waals surface area contributed by atoms with Crippen molar-refractivity contribution >= 4 is 0 Å². The Morgan fingerprint density at radius 2 is 1.95 bits per heavy atom. The van der Waals surface area contributed by atoms with Crippen LogP contribution in [-0.4, -0.2) is 0 Å². The van der Waals surface area contributed by atoms with Crippen molar-refractivity contribution in [3.63, 3.8) is 0 Å². The van der Waals surface area contributed by atoms with E-state index in [1.165, 1.54) is 42.0 Å². The van der Waals surface area contributed by atoms with E-state index in [0.29, 0.717) is 6.54 Å². The van der Waals surface area contributed by atoms with Crippen molar-refractivity contribution in [2.24, 2.45) is 0 Å². The summed E-state index contributed by atoms with van der Waals surface area (Å²) in [6.45, 7) is 2.85. The largest absolute Gasteiger partial charge is 0.306 e. The molecule has 0 aromatic heterocycles. The quantitative estimate of drug-likeness (QED) is 0.878. The summed E-state index contributed by atoms with van der Waals surface area (Å²) in [6, 6.07) is 13.9. The Bertz CT molecular complexity index is 606. The van der Waals surface area contributed by atoms with Gasteiger partial charge in [0.05, 0.1) is 0 Å². The lowest BCUT2D eigenvalue weighted by molar-refractivity contribution is 0.569. The van der Waals surface area contributed by atoms with E-state index >= 15 is 0 Å². The molecular weight excluding hydrogens is 249 g/mol. The van der Waals surface area contributed by atoms with Crippen LogP contribution in [0.5, 0.6) is 0 Å². The number of fused-ring (bicyclic) bond motifs is 1. The van der Waals surface area contributed by atoms with E-state index in [-0.39, 0.29) is 11.9 Å². The van der Waals surface area contributed by atoms with Gasteiger partial charge in [0.15, 0.2) is 0 Å². The number of hydrogen-bond acceptors (Lipinski definition) is 1. The number of rotatable bonds is 4. The Labute approximate surface area is 119 Å². The normalized spacial score (nSPS) is 15.1. The van der Waals surface area contributed by atoms with E-state index in [4.69, 9.17) is 0 Å². The van der Waals surface area contributed by atoms with Crippen molar-refractivity contribution < 1.29 is 4.39 Å². The van der Waals surface area contributed by atoms with E-state index in [0.717, 1.165) is 5.56 Å². The van der Waals surface area contributed by atoms with Crippen LogP contribution in [-0.2, 0) is 19.4 Å². The average Bonchev–Trinajstić information content (AvgIpc) is 2.92. The standard InChI is InChI=1S/C18H20FN/c1-13(20-12-14-4-2-7-18(19)10-14)16-9-8-15-5-3-6-17(15)11-16/h2,4,7-11,13,20H,3,5-6,12H2,1H3. The highest BCUT2D eigenvalue weighted by atomic mass is 19.1. The van der Waals surface area contributed by atoms with Gasteiger partial charge in [-0.3, -0.25) is 0 Å². The molecule has 1 nitrogen and oxygen atoms in total. The predicted octanol–water partition coefficient (Wildman–Crippen LogP) is 4.17. The van der Waals surface area contributed by atoms with Gasteiger partial charge in [0, 0.05) is 12.6 Å². The molecule has 1 aliphatic rings. The van der Waals surface area contributed by atoms with Gasteiger partial charge in [0.25, 0.3) is 0 Å². The van der Waals surface area contributed by atoms with Crippen LogP contribution in [0.2, 0.25) is 0 Å². The monoisotopic (exact) mass is 269 g/mol. The summed E-state index contributed by atoms with van der Waals surface area (Å²) in [5, 5.41) is 3.47. The van der Waals surface area contributed by atoms with E-state index < -0.39 is 0 Å². The molecule has 1 unspecified atom stereocenters. The van der Waals surface area contributed by atoms with Crippen molar-refractivity contribution in [2.75, 3.05) is 0 Å². The molecular formula is C18H20FN. The van der Waals surface area contributed by atoms with E-state index in [1.807, 2.05) is 6.07 Å². The van der Waals surface area contributed by atoms with E-state index in [1.54, 1.807) is 12.1 Å². The highest BCUT2D eigenvalue weighted by Gasteiger charge is 2.13. The summed E-state index contributed by atoms with van der Waals surface area (Å²) >= 11 is 0. The Hall–Kier alpha value is -1.67. The second-order valence-electron chi connectivity index (χ2n) is 5.61. The van der Waals surface area contributed by atoms with Crippen molar-refractivity contribution in [3.05, 3.63) is 70.5 Å². The Kier molecular flexibility index (Phi) is 3.83. The zero-order chi connectivity index (χ0) is 13.9. The van der Waals surface area contributed by atoms with Gasteiger partial charge in [-0.05, 0) is 60.6 Å². The zero-order valence-corrected chi connectivity index (χ0v) is 11.8. The Morgan fingerprint density at radius 1 is 1.10 bits per heavy atom. The molecule has 104 valence electrons. The van der Waals surface area contributed by atoms with Crippen LogP contribution in [0.1, 0.15) is 41.6 Å². The topological polar surface area (TPSA) is 12.0 Å². The minimum atomic E-state index is -0.172. The van der Waals surface area contributed by atoms with Crippen LogP contribution >= 0.6 is 0 Å². The minimum absolute atomic E-state index is 0.172. The van der Waals surface area contributed by atoms with E-state index in [9.17, 15) is 4.39 Å². The molecule has 0 bridgehead atoms. The average molecular weight is 269 g/mol. The molecule has 0 saturated heterocycles. The minimum Gasteiger partial charge on any atom is -0.306 e. The first kappa shape index (κ1) is 13.3. The third kappa shape index (κ3) is 2.91. The van der Waals surface area contributed by atoms with Crippen LogP contribution in [0.15, 0.2) is 42.5 Å². The van der Waals surface area contributed by atoms with Gasteiger partial charge in [-0.1, -0.05) is 30.3 Å². The van der Waals surface area contributed by atoms with Gasteiger partial charge in [-0.15, -0.1) is 0 Å². The van der Waals surface area contributed by atoms with Crippen LogP contribution in [0.4, 0.5) is 4.39 Å².